The number of carbonyl (C=O) groups is 1. The Bertz CT molecular complexity index is 872. The van der Waals surface area contributed by atoms with E-state index in [0.717, 1.165) is 49.1 Å². The molecule has 1 heterocycles. The van der Waals surface area contributed by atoms with E-state index in [1.807, 2.05) is 17.0 Å². The lowest BCUT2D eigenvalue weighted by molar-refractivity contribution is -0.130. The highest BCUT2D eigenvalue weighted by Gasteiger charge is 2.18. The first-order chi connectivity index (χ1) is 11.3. The maximum atomic E-state index is 11.5. The molecule has 0 atom stereocenters. The maximum Gasteiger partial charge on any atom is 0.238 e. The molecule has 2 aromatic carbocycles. The molecule has 0 aromatic heterocycles. The number of piperazine rings is 1. The first-order valence-corrected chi connectivity index (χ1v) is 9.41. The molecular formula is C17H21N3O3S. The minimum absolute atomic E-state index is 0.121. The molecule has 2 aromatic rings. The highest BCUT2D eigenvalue weighted by molar-refractivity contribution is 7.89. The molecule has 1 amide bonds. The van der Waals surface area contributed by atoms with Gasteiger partial charge < -0.3 is 4.90 Å². The number of primary sulfonamides is 1. The molecular weight excluding hydrogens is 326 g/mol. The molecule has 3 rings (SSSR count). The van der Waals surface area contributed by atoms with Gasteiger partial charge in [-0.15, -0.1) is 0 Å². The number of rotatable bonds is 3. The monoisotopic (exact) mass is 347 g/mol. The van der Waals surface area contributed by atoms with Gasteiger partial charge in [0.05, 0.1) is 4.90 Å². The van der Waals surface area contributed by atoms with Crippen molar-refractivity contribution >= 4 is 26.7 Å². The molecule has 7 heteroatoms. The smallest absolute Gasteiger partial charge is 0.238 e. The van der Waals surface area contributed by atoms with Crippen molar-refractivity contribution < 1.29 is 13.2 Å². The van der Waals surface area contributed by atoms with Gasteiger partial charge in [-0.05, 0) is 34.5 Å². The van der Waals surface area contributed by atoms with Crippen molar-refractivity contribution in [2.45, 2.75) is 18.4 Å². The summed E-state index contributed by atoms with van der Waals surface area (Å²) >= 11 is 0. The van der Waals surface area contributed by atoms with Crippen molar-refractivity contribution in [3.05, 3.63) is 42.0 Å². The van der Waals surface area contributed by atoms with E-state index in [9.17, 15) is 13.2 Å². The first-order valence-electron chi connectivity index (χ1n) is 7.86. The zero-order chi connectivity index (χ0) is 17.3. The van der Waals surface area contributed by atoms with Crippen LogP contribution in [0.15, 0.2) is 41.3 Å². The Labute approximate surface area is 141 Å². The van der Waals surface area contributed by atoms with E-state index in [1.165, 1.54) is 6.07 Å². The molecule has 1 aliphatic heterocycles. The molecule has 0 aliphatic carbocycles. The van der Waals surface area contributed by atoms with Crippen molar-refractivity contribution in [1.29, 1.82) is 0 Å². The molecule has 0 spiro atoms. The molecule has 0 radical (unpaired) electrons. The molecule has 1 saturated heterocycles. The van der Waals surface area contributed by atoms with Crippen molar-refractivity contribution in [2.75, 3.05) is 26.2 Å². The van der Waals surface area contributed by atoms with E-state index in [-0.39, 0.29) is 10.8 Å². The summed E-state index contributed by atoms with van der Waals surface area (Å²) in [6.45, 7) is 5.56. The number of nitrogens with two attached hydrogens (primary N) is 1. The number of sulfonamides is 1. The Kier molecular flexibility index (Phi) is 4.58. The number of benzene rings is 2. The summed E-state index contributed by atoms with van der Waals surface area (Å²) in [5, 5.41) is 7.05. The maximum absolute atomic E-state index is 11.5. The third-order valence-corrected chi connectivity index (χ3v) is 5.34. The Morgan fingerprint density at radius 2 is 1.71 bits per heavy atom. The Morgan fingerprint density at radius 3 is 2.33 bits per heavy atom. The van der Waals surface area contributed by atoms with Crippen LogP contribution in [0.3, 0.4) is 0 Å². The van der Waals surface area contributed by atoms with Crippen LogP contribution in [-0.4, -0.2) is 50.3 Å². The number of nitrogens with zero attached hydrogens (tertiary/aromatic N) is 2. The van der Waals surface area contributed by atoms with E-state index >= 15 is 0 Å². The largest absolute Gasteiger partial charge is 0.340 e. The quantitative estimate of drug-likeness (QED) is 0.903. The topological polar surface area (TPSA) is 83.7 Å². The van der Waals surface area contributed by atoms with Gasteiger partial charge in [-0.2, -0.15) is 0 Å². The molecule has 0 bridgehead atoms. The second-order valence-electron chi connectivity index (χ2n) is 6.17. The van der Waals surface area contributed by atoms with E-state index in [1.54, 1.807) is 19.1 Å². The van der Waals surface area contributed by atoms with E-state index in [2.05, 4.69) is 11.0 Å². The van der Waals surface area contributed by atoms with Gasteiger partial charge in [0.15, 0.2) is 0 Å². The number of hydrogen-bond donors (Lipinski definition) is 1. The van der Waals surface area contributed by atoms with E-state index < -0.39 is 10.0 Å². The van der Waals surface area contributed by atoms with Gasteiger partial charge in [0.2, 0.25) is 15.9 Å². The highest BCUT2D eigenvalue weighted by Crippen LogP contribution is 2.21. The minimum Gasteiger partial charge on any atom is -0.340 e. The number of carbonyl (C=O) groups excluding carboxylic acids is 1. The van der Waals surface area contributed by atoms with Crippen LogP contribution in [0.2, 0.25) is 0 Å². The molecule has 6 nitrogen and oxygen atoms in total. The van der Waals surface area contributed by atoms with Crippen LogP contribution >= 0.6 is 0 Å². The van der Waals surface area contributed by atoms with Gasteiger partial charge in [-0.1, -0.05) is 18.2 Å². The molecule has 0 unspecified atom stereocenters. The Hall–Kier alpha value is -1.96. The van der Waals surface area contributed by atoms with Crippen LogP contribution in [0.1, 0.15) is 12.5 Å². The van der Waals surface area contributed by atoms with Crippen LogP contribution < -0.4 is 5.14 Å². The predicted molar refractivity (Wildman–Crippen MR) is 92.9 cm³/mol. The molecule has 128 valence electrons. The van der Waals surface area contributed by atoms with Crippen LogP contribution in [0.5, 0.6) is 0 Å². The zero-order valence-electron chi connectivity index (χ0n) is 13.6. The third kappa shape index (κ3) is 3.75. The zero-order valence-corrected chi connectivity index (χ0v) is 14.4. The summed E-state index contributed by atoms with van der Waals surface area (Å²) in [5.74, 6) is 0.121. The summed E-state index contributed by atoms with van der Waals surface area (Å²) < 4.78 is 23.0. The lowest BCUT2D eigenvalue weighted by Crippen LogP contribution is -2.47. The van der Waals surface area contributed by atoms with Gasteiger partial charge in [0.1, 0.15) is 0 Å². The van der Waals surface area contributed by atoms with Crippen molar-refractivity contribution in [3.63, 3.8) is 0 Å². The van der Waals surface area contributed by atoms with Crippen molar-refractivity contribution in [1.82, 2.24) is 9.80 Å². The average Bonchev–Trinajstić information content (AvgIpc) is 2.54. The molecule has 24 heavy (non-hydrogen) atoms. The third-order valence-electron chi connectivity index (χ3n) is 4.43. The normalized spacial score (nSPS) is 16.5. The predicted octanol–water partition coefficient (Wildman–Crippen LogP) is 1.15. The Balaban J connectivity index is 1.77. The van der Waals surface area contributed by atoms with Gasteiger partial charge in [0.25, 0.3) is 0 Å². The van der Waals surface area contributed by atoms with Gasteiger partial charge in [0, 0.05) is 39.6 Å². The lowest BCUT2D eigenvalue weighted by atomic mass is 10.1. The molecule has 0 saturated carbocycles. The number of fused-ring (bicyclic) bond motifs is 1. The van der Waals surface area contributed by atoms with E-state index in [4.69, 9.17) is 5.14 Å². The summed E-state index contributed by atoms with van der Waals surface area (Å²) in [4.78, 5) is 15.7. The van der Waals surface area contributed by atoms with Crippen LogP contribution in [0.4, 0.5) is 0 Å². The fourth-order valence-electron chi connectivity index (χ4n) is 3.03. The SMILES string of the molecule is CC(=O)N1CCN(Cc2ccc3ccc(S(N)(=O)=O)cc3c2)CC1. The minimum atomic E-state index is -3.70. The van der Waals surface area contributed by atoms with Gasteiger partial charge in [-0.3, -0.25) is 9.69 Å². The van der Waals surface area contributed by atoms with E-state index in [0.29, 0.717) is 0 Å². The molecule has 1 aliphatic rings. The van der Waals surface area contributed by atoms with Gasteiger partial charge in [-0.25, -0.2) is 13.6 Å². The first kappa shape index (κ1) is 16.9. The fraction of sp³-hybridized carbons (Fsp3) is 0.353. The summed E-state index contributed by atoms with van der Waals surface area (Å²) in [6, 6.07) is 11.0. The lowest BCUT2D eigenvalue weighted by Gasteiger charge is -2.34. The molecule has 2 N–H and O–H groups in total. The second-order valence-corrected chi connectivity index (χ2v) is 7.73. The van der Waals surface area contributed by atoms with Crippen LogP contribution in [-0.2, 0) is 21.4 Å². The fourth-order valence-corrected chi connectivity index (χ4v) is 3.58. The van der Waals surface area contributed by atoms with Crippen LogP contribution in [0.25, 0.3) is 10.8 Å². The summed E-state index contributed by atoms with van der Waals surface area (Å²) in [7, 11) is -3.70. The highest BCUT2D eigenvalue weighted by atomic mass is 32.2. The number of amides is 1. The standard InChI is InChI=1S/C17H21N3O3S/c1-13(21)20-8-6-19(7-9-20)12-14-2-3-15-4-5-17(24(18,22)23)11-16(15)10-14/h2-5,10-11H,6-9,12H2,1H3,(H2,18,22,23). The second kappa shape index (κ2) is 6.51. The Morgan fingerprint density at radius 1 is 1.04 bits per heavy atom. The van der Waals surface area contributed by atoms with Crippen molar-refractivity contribution in [2.24, 2.45) is 5.14 Å². The molecule has 1 fully saturated rings. The summed E-state index contributed by atoms with van der Waals surface area (Å²) in [6.07, 6.45) is 0. The summed E-state index contributed by atoms with van der Waals surface area (Å²) in [5.41, 5.74) is 1.12. The van der Waals surface area contributed by atoms with Crippen LogP contribution in [0, 0.1) is 0 Å². The van der Waals surface area contributed by atoms with Gasteiger partial charge >= 0.3 is 0 Å². The van der Waals surface area contributed by atoms with Crippen molar-refractivity contribution in [3.8, 4) is 0 Å². The average molecular weight is 347 g/mol. The number of hydrogen-bond acceptors (Lipinski definition) is 4.